The molecule has 0 fully saturated rings. The lowest BCUT2D eigenvalue weighted by Gasteiger charge is -2.38. The summed E-state index contributed by atoms with van der Waals surface area (Å²) in [6.45, 7) is 0. The smallest absolute Gasteiger partial charge is 0.350 e. The van der Waals surface area contributed by atoms with Crippen LogP contribution in [0.15, 0.2) is 66.7 Å². The van der Waals surface area contributed by atoms with Gasteiger partial charge < -0.3 is 23.7 Å². The third kappa shape index (κ3) is 4.44. The summed E-state index contributed by atoms with van der Waals surface area (Å²) < 4.78 is 27.6. The van der Waals surface area contributed by atoms with Crippen molar-refractivity contribution in [3.8, 4) is 17.8 Å². The van der Waals surface area contributed by atoms with Crippen LogP contribution < -0.4 is 14.2 Å². The second-order valence-electron chi connectivity index (χ2n) is 6.43. The van der Waals surface area contributed by atoms with E-state index < -0.39 is 17.7 Å². The minimum Gasteiger partial charge on any atom is -0.481 e. The molecule has 3 rings (SSSR count). The number of nitrogens with zero attached hydrogens (tertiary/aromatic N) is 2. The third-order valence-electron chi connectivity index (χ3n) is 4.80. The first-order valence-electron chi connectivity index (χ1n) is 9.46. The van der Waals surface area contributed by atoms with E-state index in [2.05, 4.69) is 9.97 Å². The number of methoxy groups -OCH3 is 4. The maximum absolute atomic E-state index is 13.0. The Hall–Kier alpha value is -3.65. The summed E-state index contributed by atoms with van der Waals surface area (Å²) in [4.78, 5) is 21.3. The van der Waals surface area contributed by atoms with Crippen LogP contribution in [-0.2, 0) is 19.9 Å². The molecule has 0 spiro atoms. The van der Waals surface area contributed by atoms with Crippen LogP contribution in [0.3, 0.4) is 0 Å². The predicted octanol–water partition coefficient (Wildman–Crippen LogP) is 3.00. The molecule has 1 aromatic heterocycles. The van der Waals surface area contributed by atoms with Gasteiger partial charge in [0.1, 0.15) is 0 Å². The van der Waals surface area contributed by atoms with Gasteiger partial charge >= 0.3 is 12.0 Å². The molecular weight excluding hydrogens is 400 g/mol. The Balaban J connectivity index is 2.21. The van der Waals surface area contributed by atoms with Gasteiger partial charge in [0.05, 0.1) is 27.4 Å². The molecule has 0 aliphatic heterocycles. The topological polar surface area (TPSA) is 89.0 Å². The van der Waals surface area contributed by atoms with Gasteiger partial charge in [-0.25, -0.2) is 4.79 Å². The highest BCUT2D eigenvalue weighted by Crippen LogP contribution is 2.39. The third-order valence-corrected chi connectivity index (χ3v) is 4.80. The van der Waals surface area contributed by atoms with Gasteiger partial charge in [-0.15, -0.1) is 0 Å². The molecule has 3 aromatic rings. The van der Waals surface area contributed by atoms with Gasteiger partial charge in [-0.2, -0.15) is 9.97 Å². The van der Waals surface area contributed by atoms with Gasteiger partial charge in [0.25, 0.3) is 0 Å². The van der Waals surface area contributed by atoms with Crippen LogP contribution in [0.1, 0.15) is 11.1 Å². The zero-order valence-corrected chi connectivity index (χ0v) is 17.8. The van der Waals surface area contributed by atoms with E-state index in [9.17, 15) is 4.79 Å². The molecule has 1 heterocycles. The number of hydrogen-bond acceptors (Lipinski definition) is 8. The molecule has 0 radical (unpaired) electrons. The Morgan fingerprint density at radius 1 is 0.806 bits per heavy atom. The van der Waals surface area contributed by atoms with Crippen molar-refractivity contribution in [2.24, 2.45) is 0 Å². The van der Waals surface area contributed by atoms with E-state index in [4.69, 9.17) is 23.7 Å². The van der Waals surface area contributed by atoms with Crippen LogP contribution in [0, 0.1) is 0 Å². The summed E-state index contributed by atoms with van der Waals surface area (Å²) in [7, 11) is 5.68. The van der Waals surface area contributed by atoms with Crippen molar-refractivity contribution >= 4 is 5.97 Å². The van der Waals surface area contributed by atoms with Crippen molar-refractivity contribution in [1.82, 2.24) is 9.97 Å². The van der Waals surface area contributed by atoms with Crippen molar-refractivity contribution in [2.45, 2.75) is 11.7 Å². The lowest BCUT2D eigenvalue weighted by molar-refractivity contribution is -0.164. The number of carbonyl (C=O) groups excluding carboxylic acids is 1. The van der Waals surface area contributed by atoms with Gasteiger partial charge in [0.2, 0.25) is 17.9 Å². The highest BCUT2D eigenvalue weighted by atomic mass is 16.6. The largest absolute Gasteiger partial charge is 0.481 e. The average Bonchev–Trinajstić information content (AvgIpc) is 2.84. The molecule has 0 aliphatic carbocycles. The zero-order chi connectivity index (χ0) is 22.3. The van der Waals surface area contributed by atoms with E-state index in [0.717, 1.165) is 0 Å². The maximum Gasteiger partial charge on any atom is 0.350 e. The Morgan fingerprint density at radius 2 is 1.35 bits per heavy atom. The fourth-order valence-electron chi connectivity index (χ4n) is 3.35. The summed E-state index contributed by atoms with van der Waals surface area (Å²) in [5.74, 6) is -0.369. The monoisotopic (exact) mass is 424 g/mol. The van der Waals surface area contributed by atoms with E-state index >= 15 is 0 Å². The van der Waals surface area contributed by atoms with E-state index in [1.54, 1.807) is 0 Å². The van der Waals surface area contributed by atoms with Crippen LogP contribution in [0.4, 0.5) is 0 Å². The Kier molecular flexibility index (Phi) is 7.04. The molecule has 0 amide bonds. The number of esters is 1. The predicted molar refractivity (Wildman–Crippen MR) is 112 cm³/mol. The molecule has 0 saturated carbocycles. The number of carbonyl (C=O) groups is 1. The van der Waals surface area contributed by atoms with Crippen LogP contribution in [0.2, 0.25) is 0 Å². The van der Waals surface area contributed by atoms with Gasteiger partial charge in [0, 0.05) is 7.11 Å². The first-order chi connectivity index (χ1) is 15.1. The Labute approximate surface area is 180 Å². The molecule has 1 atom stereocenters. The highest BCUT2D eigenvalue weighted by molar-refractivity contribution is 5.78. The summed E-state index contributed by atoms with van der Waals surface area (Å²) in [6.07, 6.45) is -1.25. The number of benzene rings is 2. The molecule has 0 N–H and O–H groups in total. The number of aromatic nitrogens is 2. The molecule has 8 heteroatoms. The van der Waals surface area contributed by atoms with Crippen molar-refractivity contribution in [2.75, 3.05) is 28.4 Å². The van der Waals surface area contributed by atoms with Gasteiger partial charge in [0.15, 0.2) is 5.60 Å². The van der Waals surface area contributed by atoms with Crippen molar-refractivity contribution < 1.29 is 28.5 Å². The second-order valence-corrected chi connectivity index (χ2v) is 6.43. The summed E-state index contributed by atoms with van der Waals surface area (Å²) >= 11 is 0. The Bertz CT molecular complexity index is 936. The summed E-state index contributed by atoms with van der Waals surface area (Å²) in [5, 5.41) is 0. The SMILES string of the molecule is COC(=O)C(Oc1cc(OC)nc(OC)n1)C(OC)(c1ccccc1)c1ccccc1. The van der Waals surface area contributed by atoms with Crippen molar-refractivity contribution in [3.05, 3.63) is 77.9 Å². The zero-order valence-electron chi connectivity index (χ0n) is 17.8. The average molecular weight is 424 g/mol. The molecule has 1 unspecified atom stereocenters. The lowest BCUT2D eigenvalue weighted by atomic mass is 9.81. The normalized spacial score (nSPS) is 12.0. The van der Waals surface area contributed by atoms with E-state index in [-0.39, 0.29) is 17.8 Å². The summed E-state index contributed by atoms with van der Waals surface area (Å²) in [5.41, 5.74) is 0.0697. The number of hydrogen-bond donors (Lipinski definition) is 0. The number of rotatable bonds is 9. The van der Waals surface area contributed by atoms with E-state index in [1.807, 2.05) is 60.7 Å². The quantitative estimate of drug-likeness (QED) is 0.485. The molecule has 2 aromatic carbocycles. The minimum atomic E-state index is -1.33. The van der Waals surface area contributed by atoms with Crippen LogP contribution >= 0.6 is 0 Å². The Morgan fingerprint density at radius 3 is 1.81 bits per heavy atom. The molecular formula is C23H24N2O6. The van der Waals surface area contributed by atoms with E-state index in [0.29, 0.717) is 11.1 Å². The van der Waals surface area contributed by atoms with Crippen LogP contribution in [0.5, 0.6) is 17.8 Å². The molecule has 31 heavy (non-hydrogen) atoms. The minimum absolute atomic E-state index is 0.0282. The van der Waals surface area contributed by atoms with Crippen LogP contribution in [0.25, 0.3) is 0 Å². The fourth-order valence-corrected chi connectivity index (χ4v) is 3.35. The van der Waals surface area contributed by atoms with Gasteiger partial charge in [-0.1, -0.05) is 60.7 Å². The van der Waals surface area contributed by atoms with E-state index in [1.165, 1.54) is 34.5 Å². The first-order valence-corrected chi connectivity index (χ1v) is 9.46. The highest BCUT2D eigenvalue weighted by Gasteiger charge is 2.49. The molecule has 162 valence electrons. The standard InChI is InChI=1S/C23H24N2O6/c1-27-18-15-19(25-22(24-18)29-3)31-20(21(26)28-2)23(30-4,16-11-7-5-8-12-16)17-13-9-6-10-14-17/h5-15,20H,1-4H3. The van der Waals surface area contributed by atoms with Gasteiger partial charge in [-0.3, -0.25) is 0 Å². The van der Waals surface area contributed by atoms with Gasteiger partial charge in [-0.05, 0) is 11.1 Å². The first kappa shape index (κ1) is 22.0. The van der Waals surface area contributed by atoms with Crippen molar-refractivity contribution in [1.29, 1.82) is 0 Å². The molecule has 0 bridgehead atoms. The summed E-state index contributed by atoms with van der Waals surface area (Å²) in [6, 6.07) is 20.1. The molecule has 0 saturated heterocycles. The van der Waals surface area contributed by atoms with Crippen molar-refractivity contribution in [3.63, 3.8) is 0 Å². The number of ether oxygens (including phenoxy) is 5. The maximum atomic E-state index is 13.0. The van der Waals surface area contributed by atoms with Crippen LogP contribution in [-0.4, -0.2) is 50.5 Å². The molecule has 8 nitrogen and oxygen atoms in total. The lowest BCUT2D eigenvalue weighted by Crippen LogP contribution is -2.51. The molecule has 0 aliphatic rings. The fraction of sp³-hybridized carbons (Fsp3) is 0.261. The second kappa shape index (κ2) is 9.90.